The molecule has 4 N–H and O–H groups in total. The predicted octanol–water partition coefficient (Wildman–Crippen LogP) is 3.82. The van der Waals surface area contributed by atoms with Gasteiger partial charge in [0.15, 0.2) is 5.78 Å². The van der Waals surface area contributed by atoms with Crippen LogP contribution in [-0.2, 0) is 20.8 Å². The number of carbonyl (C=O) groups excluding carboxylic acids is 3. The van der Waals surface area contributed by atoms with Gasteiger partial charge in [0, 0.05) is 41.4 Å². The maximum atomic E-state index is 14.2. The lowest BCUT2D eigenvalue weighted by atomic mass is 9.51. The number of hydrogen-bond acceptors (Lipinski definition) is 5. The summed E-state index contributed by atoms with van der Waals surface area (Å²) in [6.45, 7) is 9.79. The second kappa shape index (κ2) is 10.4. The summed E-state index contributed by atoms with van der Waals surface area (Å²) >= 11 is 0. The number of H-pyrrole nitrogens is 1. The molecule has 7 heteroatoms. The summed E-state index contributed by atoms with van der Waals surface area (Å²) in [6.07, 6.45) is 5.94. The topological polar surface area (TPSA) is 119 Å². The molecule has 7 nitrogen and oxygen atoms in total. The normalized spacial score (nSPS) is 35.9. The highest BCUT2D eigenvalue weighted by atomic mass is 16.3. The summed E-state index contributed by atoms with van der Waals surface area (Å²) in [7, 11) is 0. The molecule has 1 saturated carbocycles. The van der Waals surface area contributed by atoms with Crippen molar-refractivity contribution in [2.24, 2.45) is 29.1 Å². The van der Waals surface area contributed by atoms with Crippen LogP contribution in [0.25, 0.3) is 10.9 Å². The second-order valence-electron chi connectivity index (χ2n) is 11.7. The van der Waals surface area contributed by atoms with Gasteiger partial charge in [-0.25, -0.2) is 0 Å². The molecular formula is C32H38N2O5. The van der Waals surface area contributed by atoms with Crippen molar-refractivity contribution in [1.29, 1.82) is 0 Å². The predicted molar refractivity (Wildman–Crippen MR) is 150 cm³/mol. The summed E-state index contributed by atoms with van der Waals surface area (Å²) in [5.41, 5.74) is 1.58. The van der Waals surface area contributed by atoms with E-state index in [-0.39, 0.29) is 36.5 Å². The Kier molecular flexibility index (Phi) is 7.25. The number of rotatable bonds is 2. The number of ketones is 2. The standard InChI is InChI=1S/C32H38N2O5/c1-17-8-7-10-23-30(38)20(4)19(3)28-25(15-21-16-33-24-11-6-5-9-22(21)24)34-31(39)32(23,28)27(36)13-12-26(35)29(37)18(2)14-17/h5-7,9-11,14,16-17,19,23,25-26,28,30,33,35,38H,4,8,12-13,15H2,1-3H3,(H,34,39)/t17-,19+,23-,25-,26-,28-,30+,32+/m0/s1. The number of fused-ring (bicyclic) bond motifs is 1. The zero-order valence-electron chi connectivity index (χ0n) is 22.8. The smallest absolute Gasteiger partial charge is 0.235 e. The van der Waals surface area contributed by atoms with Crippen molar-refractivity contribution in [3.63, 3.8) is 0 Å². The number of benzene rings is 1. The summed E-state index contributed by atoms with van der Waals surface area (Å²) in [4.78, 5) is 44.4. The minimum Gasteiger partial charge on any atom is -0.388 e. The maximum Gasteiger partial charge on any atom is 0.235 e. The van der Waals surface area contributed by atoms with Crippen LogP contribution in [0.2, 0.25) is 0 Å². The highest BCUT2D eigenvalue weighted by Gasteiger charge is 2.68. The molecule has 39 heavy (non-hydrogen) atoms. The molecule has 2 fully saturated rings. The lowest BCUT2D eigenvalue weighted by molar-refractivity contribution is -0.152. The van der Waals surface area contributed by atoms with Crippen molar-refractivity contribution in [2.45, 2.75) is 64.7 Å². The molecule has 8 atom stereocenters. The molecule has 2 aliphatic carbocycles. The van der Waals surface area contributed by atoms with Gasteiger partial charge in [-0.2, -0.15) is 0 Å². The molecule has 1 aliphatic heterocycles. The Morgan fingerprint density at radius 2 is 1.87 bits per heavy atom. The summed E-state index contributed by atoms with van der Waals surface area (Å²) < 4.78 is 0. The van der Waals surface area contributed by atoms with Crippen LogP contribution in [0.3, 0.4) is 0 Å². The van der Waals surface area contributed by atoms with Crippen molar-refractivity contribution in [3.05, 3.63) is 72.0 Å². The van der Waals surface area contributed by atoms with E-state index in [2.05, 4.69) is 16.9 Å². The quantitative estimate of drug-likeness (QED) is 0.348. The van der Waals surface area contributed by atoms with Crippen LogP contribution < -0.4 is 5.32 Å². The van der Waals surface area contributed by atoms with Gasteiger partial charge < -0.3 is 20.5 Å². The van der Waals surface area contributed by atoms with Crippen LogP contribution >= 0.6 is 0 Å². The van der Waals surface area contributed by atoms with Gasteiger partial charge in [0.2, 0.25) is 5.91 Å². The zero-order valence-corrected chi connectivity index (χ0v) is 22.8. The van der Waals surface area contributed by atoms with E-state index >= 15 is 0 Å². The number of aliphatic hydroxyl groups excluding tert-OH is 2. The van der Waals surface area contributed by atoms with E-state index in [0.29, 0.717) is 24.0 Å². The summed E-state index contributed by atoms with van der Waals surface area (Å²) in [6, 6.07) is 7.61. The Bertz CT molecular complexity index is 1390. The number of allylic oxidation sites excluding steroid dienone is 2. The summed E-state index contributed by atoms with van der Waals surface area (Å²) in [5, 5.41) is 26.3. The van der Waals surface area contributed by atoms with Crippen LogP contribution in [0, 0.1) is 29.1 Å². The molecule has 206 valence electrons. The number of amides is 1. The van der Waals surface area contributed by atoms with Crippen LogP contribution in [0.15, 0.2) is 66.4 Å². The van der Waals surface area contributed by atoms with Crippen molar-refractivity contribution in [1.82, 2.24) is 10.3 Å². The molecule has 1 saturated heterocycles. The number of para-hydroxylation sites is 1. The molecule has 2 aromatic rings. The Balaban J connectivity index is 1.60. The van der Waals surface area contributed by atoms with Crippen molar-refractivity contribution in [2.75, 3.05) is 0 Å². The van der Waals surface area contributed by atoms with Gasteiger partial charge in [-0.15, -0.1) is 0 Å². The molecule has 5 rings (SSSR count). The van der Waals surface area contributed by atoms with E-state index in [0.717, 1.165) is 16.5 Å². The number of nitrogens with one attached hydrogen (secondary N) is 2. The third-order valence-corrected chi connectivity index (χ3v) is 9.32. The van der Waals surface area contributed by atoms with Crippen molar-refractivity contribution >= 4 is 28.4 Å². The number of hydrogen-bond donors (Lipinski definition) is 4. The largest absolute Gasteiger partial charge is 0.388 e. The fourth-order valence-corrected chi connectivity index (χ4v) is 7.30. The van der Waals surface area contributed by atoms with E-state index in [1.165, 1.54) is 0 Å². The Hall–Kier alpha value is -3.29. The van der Waals surface area contributed by atoms with Gasteiger partial charge in [0.25, 0.3) is 0 Å². The second-order valence-corrected chi connectivity index (χ2v) is 11.7. The first-order valence-electron chi connectivity index (χ1n) is 13.9. The fourth-order valence-electron chi connectivity index (χ4n) is 7.30. The van der Waals surface area contributed by atoms with Gasteiger partial charge in [0.05, 0.1) is 6.10 Å². The van der Waals surface area contributed by atoms with E-state index in [1.807, 2.05) is 62.5 Å². The molecule has 0 radical (unpaired) electrons. The van der Waals surface area contributed by atoms with Crippen LogP contribution in [-0.4, -0.2) is 50.9 Å². The van der Waals surface area contributed by atoms with Gasteiger partial charge in [-0.1, -0.05) is 56.9 Å². The monoisotopic (exact) mass is 530 g/mol. The molecule has 0 bridgehead atoms. The van der Waals surface area contributed by atoms with Gasteiger partial charge in [0.1, 0.15) is 17.3 Å². The van der Waals surface area contributed by atoms with Gasteiger partial charge in [-0.3, -0.25) is 14.4 Å². The molecule has 2 heterocycles. The molecule has 0 unspecified atom stereocenters. The van der Waals surface area contributed by atoms with Crippen molar-refractivity contribution < 1.29 is 24.6 Å². The number of carbonyl (C=O) groups is 3. The first-order valence-corrected chi connectivity index (χ1v) is 13.9. The lowest BCUT2D eigenvalue weighted by Crippen LogP contribution is -2.58. The number of aromatic nitrogens is 1. The average molecular weight is 531 g/mol. The first kappa shape index (κ1) is 27.3. The lowest BCUT2D eigenvalue weighted by Gasteiger charge is -2.49. The molecule has 1 spiro atoms. The average Bonchev–Trinajstić information content (AvgIpc) is 3.45. The Morgan fingerprint density at radius 1 is 1.13 bits per heavy atom. The fraction of sp³-hybridized carbons (Fsp3) is 0.469. The molecule has 1 aromatic carbocycles. The molecule has 1 aromatic heterocycles. The summed E-state index contributed by atoms with van der Waals surface area (Å²) in [5.74, 6) is -2.71. The van der Waals surface area contributed by atoms with Crippen LogP contribution in [0.1, 0.15) is 45.6 Å². The first-order chi connectivity index (χ1) is 18.6. The zero-order chi connectivity index (χ0) is 28.1. The van der Waals surface area contributed by atoms with E-state index in [9.17, 15) is 24.6 Å². The van der Waals surface area contributed by atoms with Crippen molar-refractivity contribution in [3.8, 4) is 0 Å². The van der Waals surface area contributed by atoms with Gasteiger partial charge >= 0.3 is 0 Å². The van der Waals surface area contributed by atoms with Crippen LogP contribution in [0.5, 0.6) is 0 Å². The minimum atomic E-state index is -1.53. The number of aliphatic hydroxyl groups is 2. The third-order valence-electron chi connectivity index (χ3n) is 9.32. The highest BCUT2D eigenvalue weighted by molar-refractivity contribution is 6.09. The van der Waals surface area contributed by atoms with Crippen LogP contribution in [0.4, 0.5) is 0 Å². The number of aromatic amines is 1. The minimum absolute atomic E-state index is 0.00418. The van der Waals surface area contributed by atoms with E-state index < -0.39 is 41.1 Å². The highest BCUT2D eigenvalue weighted by Crippen LogP contribution is 2.57. The van der Waals surface area contributed by atoms with E-state index in [1.54, 1.807) is 6.92 Å². The maximum absolute atomic E-state index is 14.2. The molecule has 3 aliphatic rings. The van der Waals surface area contributed by atoms with Gasteiger partial charge in [-0.05, 0) is 60.8 Å². The Labute approximate surface area is 229 Å². The number of Topliss-reactive ketones (excluding diaryl/α,β-unsaturated/α-hetero) is 2. The molecular weight excluding hydrogens is 492 g/mol. The third kappa shape index (κ3) is 4.42. The Morgan fingerprint density at radius 3 is 2.64 bits per heavy atom. The molecule has 1 amide bonds. The van der Waals surface area contributed by atoms with E-state index in [4.69, 9.17) is 0 Å². The SMILES string of the molecule is C=C1[C@@H](C)[C@H]2[C@H](Cc3c[nH]c4ccccc34)NC(=O)[C@]23C(=O)CC[C@H](O)C(=O)C(C)=C[C@@H](C)CC=C[C@H]3[C@@H]1O.